The Morgan fingerprint density at radius 1 is 1.15 bits per heavy atom. The van der Waals surface area contributed by atoms with Gasteiger partial charge in [-0.2, -0.15) is 0 Å². The normalized spacial score (nSPS) is 28.6. The number of rotatable bonds is 3. The molecule has 0 aromatic heterocycles. The summed E-state index contributed by atoms with van der Waals surface area (Å²) < 4.78 is 0. The number of benzene rings is 1. The van der Waals surface area contributed by atoms with E-state index in [9.17, 15) is 34.8 Å². The van der Waals surface area contributed by atoms with E-state index in [0.29, 0.717) is 11.1 Å². The number of hydrogen-bond acceptors (Lipinski definition) is 9. The van der Waals surface area contributed by atoms with Gasteiger partial charge >= 0.3 is 0 Å². The van der Waals surface area contributed by atoms with E-state index in [4.69, 9.17) is 5.73 Å². The number of phenolic OH excluding ortho intramolecular Hbond substituents is 1. The number of primary amides is 1. The molecule has 4 atom stereocenters. The number of aliphatic hydroxyl groups is 3. The molecule has 6 N–H and O–H groups in total. The van der Waals surface area contributed by atoms with Gasteiger partial charge < -0.3 is 31.1 Å². The van der Waals surface area contributed by atoms with Crippen molar-refractivity contribution < 1.29 is 34.8 Å². The molecule has 2 unspecified atom stereocenters. The van der Waals surface area contributed by atoms with Gasteiger partial charge in [0, 0.05) is 31.3 Å². The molecule has 34 heavy (non-hydrogen) atoms. The highest BCUT2D eigenvalue weighted by Gasteiger charge is 2.63. The zero-order valence-corrected chi connectivity index (χ0v) is 19.7. The molecule has 0 aliphatic heterocycles. The van der Waals surface area contributed by atoms with Gasteiger partial charge in [-0.3, -0.25) is 19.3 Å². The van der Waals surface area contributed by atoms with E-state index in [2.05, 4.69) is 0 Å². The fraction of sp³-hybridized carbons (Fsp3) is 0.458. The summed E-state index contributed by atoms with van der Waals surface area (Å²) in [4.78, 5) is 42.3. The topological polar surface area (TPSA) is 165 Å². The van der Waals surface area contributed by atoms with Crippen LogP contribution in [-0.2, 0) is 16.0 Å². The average molecular weight is 472 g/mol. The largest absolute Gasteiger partial charge is 0.510 e. The van der Waals surface area contributed by atoms with Gasteiger partial charge in [0.2, 0.25) is 5.78 Å². The molecule has 182 valence electrons. The van der Waals surface area contributed by atoms with Crippen LogP contribution in [0.15, 0.2) is 28.7 Å². The molecule has 0 fully saturated rings. The van der Waals surface area contributed by atoms with Crippen molar-refractivity contribution in [1.29, 1.82) is 0 Å². The third kappa shape index (κ3) is 2.91. The number of aliphatic hydroxyl groups excluding tert-OH is 2. The van der Waals surface area contributed by atoms with Gasteiger partial charge in [0.25, 0.3) is 5.91 Å². The van der Waals surface area contributed by atoms with E-state index in [0.717, 1.165) is 5.69 Å². The summed E-state index contributed by atoms with van der Waals surface area (Å²) in [7, 11) is 6.82. The lowest BCUT2D eigenvalue weighted by atomic mass is 9.58. The summed E-state index contributed by atoms with van der Waals surface area (Å²) >= 11 is 0. The number of nitrogens with two attached hydrogens (primary N) is 1. The Morgan fingerprint density at radius 2 is 1.76 bits per heavy atom. The first kappa shape index (κ1) is 23.8. The van der Waals surface area contributed by atoms with E-state index in [1.165, 1.54) is 4.90 Å². The third-order valence-corrected chi connectivity index (χ3v) is 7.37. The lowest BCUT2D eigenvalue weighted by Gasteiger charge is -2.50. The molecule has 3 aliphatic rings. The number of aryl methyl sites for hydroxylation is 1. The first-order valence-corrected chi connectivity index (χ1v) is 10.9. The number of fused-ring (bicyclic) bond motifs is 3. The van der Waals surface area contributed by atoms with E-state index in [1.807, 2.05) is 19.0 Å². The Morgan fingerprint density at radius 3 is 2.29 bits per heavy atom. The lowest BCUT2D eigenvalue weighted by molar-refractivity contribution is -0.148. The number of Topliss-reactive ketones (excluding diaryl/α,β-unsaturated/α-hetero) is 2. The second-order valence-electron chi connectivity index (χ2n) is 9.77. The van der Waals surface area contributed by atoms with E-state index >= 15 is 0 Å². The number of ketones is 2. The Balaban J connectivity index is 2.00. The number of nitrogens with zero attached hydrogens (tertiary/aromatic N) is 2. The molecule has 0 bridgehead atoms. The molecule has 10 heteroatoms. The third-order valence-electron chi connectivity index (χ3n) is 7.37. The van der Waals surface area contributed by atoms with Crippen molar-refractivity contribution in [2.45, 2.75) is 31.4 Å². The summed E-state index contributed by atoms with van der Waals surface area (Å²) in [5.74, 6) is -6.48. The molecule has 10 nitrogen and oxygen atoms in total. The van der Waals surface area contributed by atoms with Crippen LogP contribution in [0.2, 0.25) is 0 Å². The monoisotopic (exact) mass is 471 g/mol. The number of carbonyl (C=O) groups excluding carboxylic acids is 3. The summed E-state index contributed by atoms with van der Waals surface area (Å²) in [6, 6.07) is 0.764. The summed E-state index contributed by atoms with van der Waals surface area (Å²) in [5, 5.41) is 44.4. The maximum atomic E-state index is 13.6. The predicted molar refractivity (Wildman–Crippen MR) is 123 cm³/mol. The van der Waals surface area contributed by atoms with Crippen LogP contribution in [-0.4, -0.2) is 82.6 Å². The molecule has 1 amide bonds. The molecule has 0 saturated heterocycles. The van der Waals surface area contributed by atoms with Crippen molar-refractivity contribution in [3.63, 3.8) is 0 Å². The summed E-state index contributed by atoms with van der Waals surface area (Å²) in [6.45, 7) is 1.65. The number of aromatic hydroxyl groups is 1. The predicted octanol–water partition coefficient (Wildman–Crippen LogP) is 0.495. The standard InChI is InChI=1S/C24H29N3O7/c1-9-6-13(26(2)3)11-7-10-8-12-17(27(4)5)20(30)16(23(25)33)22(32)24(12,34)21(31)14(10)19(29)15(11)18(9)28/h6,10,12,17,28,30-31,34H,7-8H2,1-5H3,(H2,25,33)/t10?,12?,17-,24-/m0/s1. The summed E-state index contributed by atoms with van der Waals surface area (Å²) in [6.07, 6.45) is 0.323. The maximum Gasteiger partial charge on any atom is 0.255 e. The Bertz CT molecular complexity index is 1210. The zero-order valence-electron chi connectivity index (χ0n) is 19.7. The molecule has 0 saturated carbocycles. The minimum atomic E-state index is -2.63. The molecule has 1 aromatic rings. The van der Waals surface area contributed by atoms with Crippen molar-refractivity contribution >= 4 is 23.2 Å². The first-order valence-electron chi connectivity index (χ1n) is 10.9. The lowest BCUT2D eigenvalue weighted by Crippen LogP contribution is -2.63. The fourth-order valence-electron chi connectivity index (χ4n) is 5.83. The van der Waals surface area contributed by atoms with Crippen LogP contribution in [0.4, 0.5) is 5.69 Å². The Hall–Kier alpha value is -3.37. The van der Waals surface area contributed by atoms with Crippen molar-refractivity contribution in [2.75, 3.05) is 33.1 Å². The van der Waals surface area contributed by atoms with Crippen molar-refractivity contribution in [2.24, 2.45) is 17.6 Å². The van der Waals surface area contributed by atoms with E-state index in [1.54, 1.807) is 27.1 Å². The number of likely N-dealkylation sites (N-methyl/N-ethyl adjacent to an activating group) is 1. The van der Waals surface area contributed by atoms with Gasteiger partial charge in [-0.1, -0.05) is 0 Å². The Labute approximate surface area is 196 Å². The van der Waals surface area contributed by atoms with Crippen molar-refractivity contribution in [1.82, 2.24) is 4.90 Å². The van der Waals surface area contributed by atoms with E-state index < -0.39 is 58.0 Å². The van der Waals surface area contributed by atoms with Gasteiger partial charge in [-0.05, 0) is 57.0 Å². The molecule has 0 spiro atoms. The zero-order chi connectivity index (χ0) is 25.4. The van der Waals surface area contributed by atoms with Crippen LogP contribution in [0, 0.1) is 18.8 Å². The minimum absolute atomic E-state index is 0.0180. The fourth-order valence-corrected chi connectivity index (χ4v) is 5.83. The number of anilines is 1. The van der Waals surface area contributed by atoms with Crippen molar-refractivity contribution in [3.8, 4) is 5.75 Å². The molecular formula is C24H29N3O7. The van der Waals surface area contributed by atoms with Gasteiger partial charge in [-0.15, -0.1) is 0 Å². The molecule has 0 heterocycles. The number of carbonyl (C=O) groups is 3. The van der Waals surface area contributed by atoms with Crippen LogP contribution in [0.3, 0.4) is 0 Å². The van der Waals surface area contributed by atoms with Crippen molar-refractivity contribution in [3.05, 3.63) is 45.4 Å². The van der Waals surface area contributed by atoms with Gasteiger partial charge in [0.1, 0.15) is 22.8 Å². The number of hydrogen-bond donors (Lipinski definition) is 5. The molecule has 1 aromatic carbocycles. The second kappa shape index (κ2) is 7.57. The Kier molecular flexibility index (Phi) is 5.30. The number of phenols is 1. The van der Waals surface area contributed by atoms with Gasteiger partial charge in [-0.25, -0.2) is 0 Å². The molecule has 0 radical (unpaired) electrons. The van der Waals surface area contributed by atoms with Crippen LogP contribution in [0.1, 0.15) is 27.9 Å². The molecule has 4 rings (SSSR count). The van der Waals surface area contributed by atoms with E-state index in [-0.39, 0.29) is 29.7 Å². The van der Waals surface area contributed by atoms with Crippen LogP contribution < -0.4 is 10.6 Å². The molecular weight excluding hydrogens is 442 g/mol. The molecule has 3 aliphatic carbocycles. The van der Waals surface area contributed by atoms with Crippen LogP contribution in [0.25, 0.3) is 0 Å². The maximum absolute atomic E-state index is 13.6. The highest BCUT2D eigenvalue weighted by atomic mass is 16.3. The van der Waals surface area contributed by atoms with Crippen LogP contribution in [0.5, 0.6) is 5.75 Å². The van der Waals surface area contributed by atoms with Crippen LogP contribution >= 0.6 is 0 Å². The highest BCUT2D eigenvalue weighted by Crippen LogP contribution is 2.53. The number of amides is 1. The average Bonchev–Trinajstić information content (AvgIpc) is 2.72. The second-order valence-corrected chi connectivity index (χ2v) is 9.77. The summed E-state index contributed by atoms with van der Waals surface area (Å²) in [5.41, 5.74) is 3.54. The number of allylic oxidation sites excluding steroid dienone is 1. The minimum Gasteiger partial charge on any atom is -0.510 e. The smallest absolute Gasteiger partial charge is 0.255 e. The first-order chi connectivity index (χ1) is 15.7. The van der Waals surface area contributed by atoms with Gasteiger partial charge in [0.15, 0.2) is 11.4 Å². The SMILES string of the molecule is Cc1cc(N(C)C)c2c(c1O)C(=O)C1=C(O)[C@]3(O)C(=O)C(C(N)=O)=C(O)[C@@H](N(C)C)C3CC1C2. The highest BCUT2D eigenvalue weighted by molar-refractivity contribution is 6.24. The quantitative estimate of drug-likeness (QED) is 0.395. The van der Waals surface area contributed by atoms with Gasteiger partial charge in [0.05, 0.1) is 11.6 Å².